The zero-order valence-corrected chi connectivity index (χ0v) is 12.6. The molecule has 0 aromatic heterocycles. The Morgan fingerprint density at radius 2 is 1.59 bits per heavy atom. The Labute approximate surface area is 109 Å². The highest BCUT2D eigenvalue weighted by Gasteiger charge is 2.10. The maximum Gasteiger partial charge on any atom is 0.00643 e. The molecule has 0 rings (SSSR count). The van der Waals surface area contributed by atoms with E-state index in [1.165, 1.54) is 64.6 Å². The first-order valence-electron chi connectivity index (χ1n) is 7.64. The van der Waals surface area contributed by atoms with Crippen molar-refractivity contribution in [3.8, 4) is 0 Å². The van der Waals surface area contributed by atoms with Crippen molar-refractivity contribution in [3.05, 3.63) is 0 Å². The highest BCUT2D eigenvalue weighted by Crippen LogP contribution is 2.09. The van der Waals surface area contributed by atoms with Gasteiger partial charge in [-0.25, -0.2) is 0 Å². The molecule has 0 spiro atoms. The van der Waals surface area contributed by atoms with Gasteiger partial charge in [-0.15, -0.1) is 0 Å². The van der Waals surface area contributed by atoms with Gasteiger partial charge in [0, 0.05) is 6.04 Å². The maximum absolute atomic E-state index is 3.21. The first-order chi connectivity index (χ1) is 8.26. The summed E-state index contributed by atoms with van der Waals surface area (Å²) in [7, 11) is 2.04. The van der Waals surface area contributed by atoms with Gasteiger partial charge in [0.05, 0.1) is 0 Å². The van der Waals surface area contributed by atoms with Crippen molar-refractivity contribution in [1.82, 2.24) is 10.2 Å². The second-order valence-corrected chi connectivity index (χ2v) is 5.16. The van der Waals surface area contributed by atoms with Crippen molar-refractivity contribution in [1.29, 1.82) is 0 Å². The Bertz CT molecular complexity index is 148. The summed E-state index contributed by atoms with van der Waals surface area (Å²) >= 11 is 0. The van der Waals surface area contributed by atoms with Gasteiger partial charge in [0.2, 0.25) is 0 Å². The minimum atomic E-state index is 0.763. The number of nitrogens with zero attached hydrogens (tertiary/aromatic N) is 1. The van der Waals surface area contributed by atoms with E-state index in [2.05, 4.69) is 31.0 Å². The van der Waals surface area contributed by atoms with E-state index in [0.29, 0.717) is 0 Å². The van der Waals surface area contributed by atoms with Gasteiger partial charge in [0.1, 0.15) is 0 Å². The van der Waals surface area contributed by atoms with Crippen LogP contribution in [0.15, 0.2) is 0 Å². The molecule has 0 saturated heterocycles. The maximum atomic E-state index is 3.21. The van der Waals surface area contributed by atoms with E-state index in [1.807, 2.05) is 7.05 Å². The average Bonchev–Trinajstić information content (AvgIpc) is 2.36. The molecule has 0 aromatic carbocycles. The number of unbranched alkanes of at least 4 members (excludes halogenated alkanes) is 4. The topological polar surface area (TPSA) is 15.3 Å². The van der Waals surface area contributed by atoms with Crippen LogP contribution in [-0.2, 0) is 0 Å². The van der Waals surface area contributed by atoms with Crippen LogP contribution >= 0.6 is 0 Å². The lowest BCUT2D eigenvalue weighted by atomic mass is 10.1. The second-order valence-electron chi connectivity index (χ2n) is 5.16. The zero-order chi connectivity index (χ0) is 12.9. The molecule has 0 fully saturated rings. The number of nitrogens with one attached hydrogen (secondary N) is 1. The van der Waals surface area contributed by atoms with Crippen LogP contribution in [0, 0.1) is 0 Å². The van der Waals surface area contributed by atoms with Gasteiger partial charge in [0.25, 0.3) is 0 Å². The summed E-state index contributed by atoms with van der Waals surface area (Å²) in [5, 5.41) is 3.21. The van der Waals surface area contributed by atoms with Gasteiger partial charge in [0.15, 0.2) is 0 Å². The van der Waals surface area contributed by atoms with Crippen molar-refractivity contribution >= 4 is 0 Å². The van der Waals surface area contributed by atoms with E-state index >= 15 is 0 Å². The summed E-state index contributed by atoms with van der Waals surface area (Å²) in [4.78, 5) is 2.68. The fourth-order valence-electron chi connectivity index (χ4n) is 2.14. The molecule has 0 aromatic rings. The van der Waals surface area contributed by atoms with Gasteiger partial charge in [-0.3, -0.25) is 0 Å². The quantitative estimate of drug-likeness (QED) is 0.525. The Morgan fingerprint density at radius 3 is 2.18 bits per heavy atom. The molecule has 0 heterocycles. The lowest BCUT2D eigenvalue weighted by Crippen LogP contribution is -2.34. The molecule has 1 N–H and O–H groups in total. The molecule has 0 bridgehead atoms. The molecule has 2 nitrogen and oxygen atoms in total. The molecule has 0 aliphatic heterocycles. The third-order valence-electron chi connectivity index (χ3n) is 3.64. The largest absolute Gasteiger partial charge is 0.320 e. The van der Waals surface area contributed by atoms with Crippen LogP contribution in [-0.4, -0.2) is 37.6 Å². The molecule has 17 heavy (non-hydrogen) atoms. The molecule has 104 valence electrons. The van der Waals surface area contributed by atoms with Crippen LogP contribution < -0.4 is 5.32 Å². The van der Waals surface area contributed by atoms with Crippen molar-refractivity contribution in [2.75, 3.05) is 26.7 Å². The fraction of sp³-hybridized carbons (Fsp3) is 1.00. The molecular weight excluding hydrogens is 208 g/mol. The third-order valence-corrected chi connectivity index (χ3v) is 3.64. The lowest BCUT2D eigenvalue weighted by Gasteiger charge is -2.28. The smallest absolute Gasteiger partial charge is 0.00643 e. The molecule has 0 amide bonds. The van der Waals surface area contributed by atoms with E-state index in [4.69, 9.17) is 0 Å². The fourth-order valence-corrected chi connectivity index (χ4v) is 2.14. The van der Waals surface area contributed by atoms with Gasteiger partial charge in [-0.2, -0.15) is 0 Å². The predicted octanol–water partition coefficient (Wildman–Crippen LogP) is 3.67. The van der Waals surface area contributed by atoms with Crippen molar-refractivity contribution < 1.29 is 0 Å². The first kappa shape index (κ1) is 16.9. The van der Waals surface area contributed by atoms with Crippen LogP contribution in [0.25, 0.3) is 0 Å². The van der Waals surface area contributed by atoms with E-state index in [9.17, 15) is 0 Å². The summed E-state index contributed by atoms with van der Waals surface area (Å²) in [5.74, 6) is 0. The van der Waals surface area contributed by atoms with Crippen LogP contribution in [0.3, 0.4) is 0 Å². The normalized spacial score (nSPS) is 13.2. The van der Waals surface area contributed by atoms with Crippen LogP contribution in [0.5, 0.6) is 0 Å². The molecule has 2 heteroatoms. The highest BCUT2D eigenvalue weighted by molar-refractivity contribution is 4.65. The summed E-state index contributed by atoms with van der Waals surface area (Å²) in [6.07, 6.45) is 9.42. The number of hydrogen-bond acceptors (Lipinski definition) is 2. The molecular formula is C15H34N2. The molecule has 0 radical (unpaired) electrons. The lowest BCUT2D eigenvalue weighted by molar-refractivity contribution is 0.196. The predicted molar refractivity (Wildman–Crippen MR) is 78.6 cm³/mol. The van der Waals surface area contributed by atoms with Crippen LogP contribution in [0.4, 0.5) is 0 Å². The van der Waals surface area contributed by atoms with E-state index < -0.39 is 0 Å². The van der Waals surface area contributed by atoms with Gasteiger partial charge < -0.3 is 10.2 Å². The SMILES string of the molecule is CCCCN(CCCCCCNC)C(C)CC. The zero-order valence-electron chi connectivity index (χ0n) is 12.6. The van der Waals surface area contributed by atoms with E-state index in [1.54, 1.807) is 0 Å². The van der Waals surface area contributed by atoms with Crippen molar-refractivity contribution in [3.63, 3.8) is 0 Å². The number of hydrogen-bond donors (Lipinski definition) is 1. The van der Waals surface area contributed by atoms with Gasteiger partial charge in [-0.1, -0.05) is 33.1 Å². The standard InChI is InChI=1S/C15H34N2/c1-5-7-13-17(15(3)6-2)14-11-9-8-10-12-16-4/h15-16H,5-14H2,1-4H3. The average molecular weight is 242 g/mol. The van der Waals surface area contributed by atoms with E-state index in [0.717, 1.165) is 6.04 Å². The summed E-state index contributed by atoms with van der Waals surface area (Å²) in [6.45, 7) is 10.7. The first-order valence-corrected chi connectivity index (χ1v) is 7.64. The van der Waals surface area contributed by atoms with Crippen LogP contribution in [0.2, 0.25) is 0 Å². The monoisotopic (exact) mass is 242 g/mol. The Morgan fingerprint density at radius 1 is 0.941 bits per heavy atom. The molecule has 1 atom stereocenters. The summed E-state index contributed by atoms with van der Waals surface area (Å²) in [6, 6.07) is 0.763. The number of rotatable bonds is 12. The Balaban J connectivity index is 3.60. The van der Waals surface area contributed by atoms with Gasteiger partial charge >= 0.3 is 0 Å². The van der Waals surface area contributed by atoms with Crippen molar-refractivity contribution in [2.24, 2.45) is 0 Å². The Hall–Kier alpha value is -0.0800. The van der Waals surface area contributed by atoms with Crippen LogP contribution in [0.1, 0.15) is 65.7 Å². The molecule has 0 aliphatic carbocycles. The molecule has 0 aliphatic rings. The minimum Gasteiger partial charge on any atom is -0.320 e. The Kier molecular flexibility index (Phi) is 12.3. The summed E-state index contributed by atoms with van der Waals surface area (Å²) < 4.78 is 0. The van der Waals surface area contributed by atoms with E-state index in [-0.39, 0.29) is 0 Å². The van der Waals surface area contributed by atoms with Gasteiger partial charge in [-0.05, 0) is 59.3 Å². The minimum absolute atomic E-state index is 0.763. The molecule has 0 saturated carbocycles. The molecule has 1 unspecified atom stereocenters. The third kappa shape index (κ3) is 9.61. The highest BCUT2D eigenvalue weighted by atomic mass is 15.1. The van der Waals surface area contributed by atoms with Crippen molar-refractivity contribution in [2.45, 2.75) is 71.8 Å². The summed E-state index contributed by atoms with van der Waals surface area (Å²) in [5.41, 5.74) is 0. The second kappa shape index (κ2) is 12.4.